The van der Waals surface area contributed by atoms with Crippen LogP contribution in [0.1, 0.15) is 26.7 Å². The van der Waals surface area contributed by atoms with E-state index in [1.54, 1.807) is 12.1 Å². The number of hydrogen-bond acceptors (Lipinski definition) is 5. The van der Waals surface area contributed by atoms with Gasteiger partial charge in [-0.3, -0.25) is 5.32 Å². The third-order valence-corrected chi connectivity index (χ3v) is 4.23. The number of hydrogen-bond donors (Lipinski definition) is 1. The molecule has 0 bridgehead atoms. The molecule has 0 heterocycles. The molecule has 1 unspecified atom stereocenters. The number of benzene rings is 1. The zero-order valence-electron chi connectivity index (χ0n) is 12.7. The number of rotatable bonds is 8. The zero-order chi connectivity index (χ0) is 15.9. The second-order valence-electron chi connectivity index (χ2n) is 5.22. The molecule has 1 atom stereocenters. The van der Waals surface area contributed by atoms with E-state index in [1.807, 2.05) is 13.8 Å². The van der Waals surface area contributed by atoms with Crippen LogP contribution >= 0.6 is 0 Å². The van der Waals surface area contributed by atoms with E-state index in [1.165, 1.54) is 12.1 Å². The Bertz CT molecular complexity index is 608. The number of nitriles is 1. The lowest BCUT2D eigenvalue weighted by molar-refractivity contribution is 0.267. The molecule has 21 heavy (non-hydrogen) atoms. The normalized spacial score (nSPS) is 14.2. The minimum Gasteiger partial charge on any atom is -0.493 e. The highest BCUT2D eigenvalue weighted by Gasteiger charge is 2.22. The minimum atomic E-state index is -3.24. The Labute approximate surface area is 126 Å². The maximum Gasteiger partial charge on any atom is 0.175 e. The summed E-state index contributed by atoms with van der Waals surface area (Å²) in [6.07, 6.45) is 2.63. The molecule has 0 saturated carbocycles. The number of nitrogens with one attached hydrogen (secondary N) is 1. The van der Waals surface area contributed by atoms with Crippen LogP contribution in [0.4, 0.5) is 0 Å². The summed E-state index contributed by atoms with van der Waals surface area (Å²) < 4.78 is 28.5. The van der Waals surface area contributed by atoms with E-state index in [2.05, 4.69) is 11.4 Å². The Morgan fingerprint density at radius 3 is 2.71 bits per heavy atom. The summed E-state index contributed by atoms with van der Waals surface area (Å²) >= 11 is 0. The van der Waals surface area contributed by atoms with Gasteiger partial charge >= 0.3 is 0 Å². The maximum absolute atomic E-state index is 11.5. The Hall–Kier alpha value is -1.58. The van der Waals surface area contributed by atoms with E-state index in [0.29, 0.717) is 18.8 Å². The summed E-state index contributed by atoms with van der Waals surface area (Å²) in [6.45, 7) is 4.98. The van der Waals surface area contributed by atoms with Crippen LogP contribution < -0.4 is 10.1 Å². The van der Waals surface area contributed by atoms with Crippen LogP contribution in [0, 0.1) is 11.3 Å². The molecule has 0 amide bonds. The molecule has 0 radical (unpaired) electrons. The molecule has 0 aliphatic carbocycles. The van der Waals surface area contributed by atoms with E-state index in [0.717, 1.165) is 19.2 Å². The maximum atomic E-state index is 11.5. The Morgan fingerprint density at radius 2 is 2.14 bits per heavy atom. The van der Waals surface area contributed by atoms with Gasteiger partial charge in [0.2, 0.25) is 0 Å². The smallest absolute Gasteiger partial charge is 0.175 e. The van der Waals surface area contributed by atoms with Crippen LogP contribution in [0.5, 0.6) is 5.75 Å². The molecule has 0 spiro atoms. The second kappa shape index (κ2) is 7.43. The van der Waals surface area contributed by atoms with Gasteiger partial charge in [0.1, 0.15) is 11.3 Å². The SMILES string of the molecule is CCCNC(C)(C#N)CCOc1cccc(S(C)(=O)=O)c1. The van der Waals surface area contributed by atoms with Crippen LogP contribution in [-0.4, -0.2) is 33.4 Å². The van der Waals surface area contributed by atoms with Crippen molar-refractivity contribution in [1.29, 1.82) is 5.26 Å². The number of sulfone groups is 1. The fourth-order valence-corrected chi connectivity index (χ4v) is 2.41. The average molecular weight is 310 g/mol. The van der Waals surface area contributed by atoms with Gasteiger partial charge in [-0.25, -0.2) is 8.42 Å². The fraction of sp³-hybridized carbons (Fsp3) is 0.533. The van der Waals surface area contributed by atoms with Gasteiger partial charge in [0.25, 0.3) is 0 Å². The van der Waals surface area contributed by atoms with Gasteiger partial charge in [-0.1, -0.05) is 13.0 Å². The standard InChI is InChI=1S/C15H22N2O3S/c1-4-9-17-15(2,12-16)8-10-20-13-6-5-7-14(11-13)21(3,18)19/h5-7,11,17H,4,8-10H2,1-3H3. The van der Waals surface area contributed by atoms with Gasteiger partial charge in [-0.2, -0.15) is 5.26 Å². The highest BCUT2D eigenvalue weighted by Crippen LogP contribution is 2.18. The first-order chi connectivity index (χ1) is 9.80. The number of nitrogens with zero attached hydrogens (tertiary/aromatic N) is 1. The first kappa shape index (κ1) is 17.5. The largest absolute Gasteiger partial charge is 0.493 e. The summed E-state index contributed by atoms with van der Waals surface area (Å²) in [5, 5.41) is 12.4. The van der Waals surface area contributed by atoms with Crippen molar-refractivity contribution in [3.05, 3.63) is 24.3 Å². The Kier molecular flexibility index (Phi) is 6.19. The van der Waals surface area contributed by atoms with Gasteiger partial charge in [0.05, 0.1) is 17.6 Å². The molecular weight excluding hydrogens is 288 g/mol. The van der Waals surface area contributed by atoms with Gasteiger partial charge in [0, 0.05) is 12.7 Å². The van der Waals surface area contributed by atoms with Gasteiger partial charge in [-0.05, 0) is 38.1 Å². The van der Waals surface area contributed by atoms with Crippen LogP contribution in [0.15, 0.2) is 29.2 Å². The fourth-order valence-electron chi connectivity index (χ4n) is 1.75. The molecule has 5 nitrogen and oxygen atoms in total. The van der Waals surface area contributed by atoms with E-state index < -0.39 is 15.4 Å². The third kappa shape index (κ3) is 5.74. The second-order valence-corrected chi connectivity index (χ2v) is 7.23. The molecule has 0 saturated heterocycles. The predicted octanol–water partition coefficient (Wildman–Crippen LogP) is 2.14. The number of ether oxygens (including phenoxy) is 1. The third-order valence-electron chi connectivity index (χ3n) is 3.12. The van der Waals surface area contributed by atoms with Crippen molar-refractivity contribution >= 4 is 9.84 Å². The molecule has 0 aromatic heterocycles. The lowest BCUT2D eigenvalue weighted by Gasteiger charge is -2.23. The highest BCUT2D eigenvalue weighted by molar-refractivity contribution is 7.90. The highest BCUT2D eigenvalue weighted by atomic mass is 32.2. The minimum absolute atomic E-state index is 0.229. The molecule has 6 heteroatoms. The molecule has 116 valence electrons. The summed E-state index contributed by atoms with van der Waals surface area (Å²) in [5.74, 6) is 0.494. The average Bonchev–Trinajstić information content (AvgIpc) is 2.44. The van der Waals surface area contributed by atoms with Crippen molar-refractivity contribution in [2.24, 2.45) is 0 Å². The summed E-state index contributed by atoms with van der Waals surface area (Å²) in [6, 6.07) is 8.63. The van der Waals surface area contributed by atoms with Gasteiger partial charge < -0.3 is 4.74 Å². The van der Waals surface area contributed by atoms with Crippen LogP contribution in [0.25, 0.3) is 0 Å². The first-order valence-electron chi connectivity index (χ1n) is 6.90. The lowest BCUT2D eigenvalue weighted by Crippen LogP contribution is -2.42. The Morgan fingerprint density at radius 1 is 1.43 bits per heavy atom. The first-order valence-corrected chi connectivity index (χ1v) is 8.79. The summed E-state index contributed by atoms with van der Waals surface area (Å²) in [5.41, 5.74) is -0.634. The summed E-state index contributed by atoms with van der Waals surface area (Å²) in [4.78, 5) is 0.229. The molecule has 0 fully saturated rings. The van der Waals surface area contributed by atoms with Crippen LogP contribution in [0.3, 0.4) is 0 Å². The van der Waals surface area contributed by atoms with Gasteiger partial charge in [0.15, 0.2) is 9.84 Å². The molecule has 0 aliphatic heterocycles. The monoisotopic (exact) mass is 310 g/mol. The van der Waals surface area contributed by atoms with E-state index in [9.17, 15) is 13.7 Å². The predicted molar refractivity (Wildman–Crippen MR) is 82.0 cm³/mol. The molecule has 1 rings (SSSR count). The van der Waals surface area contributed by atoms with Gasteiger partial charge in [-0.15, -0.1) is 0 Å². The quantitative estimate of drug-likeness (QED) is 0.796. The van der Waals surface area contributed by atoms with E-state index >= 15 is 0 Å². The van der Waals surface area contributed by atoms with Crippen molar-refractivity contribution in [2.75, 3.05) is 19.4 Å². The van der Waals surface area contributed by atoms with E-state index in [-0.39, 0.29) is 4.90 Å². The zero-order valence-corrected chi connectivity index (χ0v) is 13.5. The van der Waals surface area contributed by atoms with Crippen molar-refractivity contribution in [2.45, 2.75) is 37.1 Å². The molecule has 1 N–H and O–H groups in total. The van der Waals surface area contributed by atoms with Crippen molar-refractivity contribution < 1.29 is 13.2 Å². The molecular formula is C15H22N2O3S. The Balaban J connectivity index is 2.62. The van der Waals surface area contributed by atoms with Crippen molar-refractivity contribution in [3.8, 4) is 11.8 Å². The van der Waals surface area contributed by atoms with E-state index in [4.69, 9.17) is 4.74 Å². The molecule has 0 aliphatic rings. The topological polar surface area (TPSA) is 79.2 Å². The lowest BCUT2D eigenvalue weighted by atomic mass is 10.0. The summed E-state index contributed by atoms with van der Waals surface area (Å²) in [7, 11) is -3.24. The van der Waals surface area contributed by atoms with Crippen LogP contribution in [-0.2, 0) is 9.84 Å². The van der Waals surface area contributed by atoms with Crippen molar-refractivity contribution in [1.82, 2.24) is 5.32 Å². The molecule has 1 aromatic rings. The molecule has 1 aromatic carbocycles. The van der Waals surface area contributed by atoms with Crippen LogP contribution in [0.2, 0.25) is 0 Å². The van der Waals surface area contributed by atoms with Crippen molar-refractivity contribution in [3.63, 3.8) is 0 Å².